The van der Waals surface area contributed by atoms with Gasteiger partial charge >= 0.3 is 10.2 Å². The van der Waals surface area contributed by atoms with Gasteiger partial charge in [0.25, 0.3) is 0 Å². The Morgan fingerprint density at radius 3 is 2.92 bits per heavy atom. The number of nitrogens with zero attached hydrogens (tertiary/aromatic N) is 1. The van der Waals surface area contributed by atoms with Crippen LogP contribution in [0.5, 0.6) is 0 Å². The Labute approximate surface area is 78.1 Å². The molecule has 2 rings (SSSR count). The molecule has 0 fully saturated rings. The second kappa shape index (κ2) is 2.74. The van der Waals surface area contributed by atoms with Gasteiger partial charge in [0.1, 0.15) is 4.90 Å². The minimum absolute atomic E-state index is 0.387. The smallest absolute Gasteiger partial charge is 0.254 e. The summed E-state index contributed by atoms with van der Waals surface area (Å²) in [5.74, 6) is 0. The zero-order valence-corrected chi connectivity index (χ0v) is 7.90. The zero-order chi connectivity index (χ0) is 9.47. The molecule has 0 amide bonds. The van der Waals surface area contributed by atoms with Crippen LogP contribution in [0.1, 0.15) is 0 Å². The SMILES string of the molecule is O=S(=O)(F)c1cnc2ccsc2c1. The van der Waals surface area contributed by atoms with E-state index in [2.05, 4.69) is 4.98 Å². The lowest BCUT2D eigenvalue weighted by molar-refractivity contribution is 0.552. The Kier molecular flexibility index (Phi) is 1.81. The lowest BCUT2D eigenvalue weighted by Gasteiger charge is -1.93. The normalized spacial score (nSPS) is 12.1. The first kappa shape index (κ1) is 8.58. The van der Waals surface area contributed by atoms with E-state index in [1.807, 2.05) is 0 Å². The van der Waals surface area contributed by atoms with Crippen LogP contribution in [0, 0.1) is 0 Å². The van der Waals surface area contributed by atoms with E-state index in [1.165, 1.54) is 17.4 Å². The van der Waals surface area contributed by atoms with Gasteiger partial charge in [-0.1, -0.05) is 0 Å². The molecule has 6 heteroatoms. The molecule has 0 aromatic carbocycles. The molecule has 0 aliphatic carbocycles. The van der Waals surface area contributed by atoms with Gasteiger partial charge in [-0.05, 0) is 17.5 Å². The van der Waals surface area contributed by atoms with Crippen molar-refractivity contribution in [1.82, 2.24) is 4.98 Å². The van der Waals surface area contributed by atoms with E-state index in [4.69, 9.17) is 0 Å². The van der Waals surface area contributed by atoms with Crippen molar-refractivity contribution >= 4 is 31.8 Å². The van der Waals surface area contributed by atoms with Crippen molar-refractivity contribution in [2.75, 3.05) is 0 Å². The van der Waals surface area contributed by atoms with E-state index in [1.54, 1.807) is 11.4 Å². The number of fused-ring (bicyclic) bond motifs is 1. The second-order valence-electron chi connectivity index (χ2n) is 2.41. The number of aromatic nitrogens is 1. The fraction of sp³-hybridized carbons (Fsp3) is 0. The molecule has 2 heterocycles. The largest absolute Gasteiger partial charge is 0.333 e. The molecule has 0 unspecified atom stereocenters. The molecule has 0 radical (unpaired) electrons. The average Bonchev–Trinajstić information content (AvgIpc) is 2.47. The van der Waals surface area contributed by atoms with Gasteiger partial charge in [-0.3, -0.25) is 4.98 Å². The van der Waals surface area contributed by atoms with Gasteiger partial charge in [-0.15, -0.1) is 15.2 Å². The van der Waals surface area contributed by atoms with Gasteiger partial charge in [-0.25, -0.2) is 0 Å². The number of hydrogen-bond acceptors (Lipinski definition) is 4. The molecular weight excluding hydrogens is 213 g/mol. The van der Waals surface area contributed by atoms with E-state index >= 15 is 0 Å². The highest BCUT2D eigenvalue weighted by Crippen LogP contribution is 2.22. The third kappa shape index (κ3) is 1.54. The van der Waals surface area contributed by atoms with Gasteiger partial charge in [0.05, 0.1) is 10.2 Å². The lowest BCUT2D eigenvalue weighted by atomic mass is 10.4. The Hall–Kier alpha value is -1.01. The van der Waals surface area contributed by atoms with Crippen LogP contribution < -0.4 is 0 Å². The third-order valence-corrected chi connectivity index (χ3v) is 3.20. The highest BCUT2D eigenvalue weighted by Gasteiger charge is 2.12. The lowest BCUT2D eigenvalue weighted by Crippen LogP contribution is -1.91. The molecule has 13 heavy (non-hydrogen) atoms. The summed E-state index contributed by atoms with van der Waals surface area (Å²) >= 11 is 1.32. The van der Waals surface area contributed by atoms with Crippen LogP contribution in [0.15, 0.2) is 28.6 Å². The first-order valence-corrected chi connectivity index (χ1v) is 5.61. The molecule has 0 aliphatic heterocycles. The van der Waals surface area contributed by atoms with Crippen molar-refractivity contribution in [3.63, 3.8) is 0 Å². The summed E-state index contributed by atoms with van der Waals surface area (Å²) in [6.45, 7) is 0. The standard InChI is InChI=1S/C7H4FNO2S2/c8-13(10,11)5-3-7-6(9-4-5)1-2-12-7/h1-4H. The van der Waals surface area contributed by atoms with Crippen LogP contribution in [0.4, 0.5) is 3.89 Å². The second-order valence-corrected chi connectivity index (χ2v) is 4.71. The highest BCUT2D eigenvalue weighted by atomic mass is 32.3. The molecule has 0 saturated heterocycles. The summed E-state index contributed by atoms with van der Waals surface area (Å²) in [4.78, 5) is 3.41. The summed E-state index contributed by atoms with van der Waals surface area (Å²) in [6.07, 6.45) is 1.02. The molecule has 0 N–H and O–H groups in total. The van der Waals surface area contributed by atoms with Crippen LogP contribution in [0.25, 0.3) is 10.2 Å². The first-order valence-electron chi connectivity index (χ1n) is 3.35. The van der Waals surface area contributed by atoms with E-state index < -0.39 is 10.2 Å². The molecule has 0 bridgehead atoms. The van der Waals surface area contributed by atoms with Crippen LogP contribution in [0.3, 0.4) is 0 Å². The van der Waals surface area contributed by atoms with Crippen molar-refractivity contribution in [3.05, 3.63) is 23.7 Å². The van der Waals surface area contributed by atoms with Gasteiger partial charge in [-0.2, -0.15) is 8.42 Å². The van der Waals surface area contributed by atoms with Gasteiger partial charge in [0.15, 0.2) is 0 Å². The summed E-state index contributed by atoms with van der Waals surface area (Å²) < 4.78 is 34.2. The molecule has 0 aliphatic rings. The zero-order valence-electron chi connectivity index (χ0n) is 6.27. The molecule has 68 valence electrons. The molecule has 2 aromatic rings. The Balaban J connectivity index is 2.75. The third-order valence-electron chi connectivity index (χ3n) is 1.56. The van der Waals surface area contributed by atoms with Crippen molar-refractivity contribution in [1.29, 1.82) is 0 Å². The van der Waals surface area contributed by atoms with Crippen molar-refractivity contribution in [2.45, 2.75) is 4.90 Å². The van der Waals surface area contributed by atoms with Gasteiger partial charge in [0, 0.05) is 6.20 Å². The number of rotatable bonds is 1. The molecule has 2 aromatic heterocycles. The topological polar surface area (TPSA) is 47.0 Å². The van der Waals surface area contributed by atoms with E-state index in [0.717, 1.165) is 6.20 Å². The van der Waals surface area contributed by atoms with Crippen molar-refractivity contribution in [3.8, 4) is 0 Å². The summed E-state index contributed by atoms with van der Waals surface area (Å²) in [7, 11) is -4.63. The highest BCUT2D eigenvalue weighted by molar-refractivity contribution is 7.86. The maximum atomic E-state index is 12.5. The first-order chi connectivity index (χ1) is 6.07. The fourth-order valence-electron chi connectivity index (χ4n) is 0.962. The van der Waals surface area contributed by atoms with E-state index in [0.29, 0.717) is 10.2 Å². The quantitative estimate of drug-likeness (QED) is 0.686. The van der Waals surface area contributed by atoms with E-state index in [-0.39, 0.29) is 4.90 Å². The number of halogens is 1. The van der Waals surface area contributed by atoms with Crippen molar-refractivity contribution in [2.24, 2.45) is 0 Å². The Morgan fingerprint density at radius 2 is 2.23 bits per heavy atom. The summed E-state index contributed by atoms with van der Waals surface area (Å²) in [5, 5.41) is 1.77. The molecular formula is C7H4FNO2S2. The van der Waals surface area contributed by atoms with E-state index in [9.17, 15) is 12.3 Å². The number of pyridine rings is 1. The monoisotopic (exact) mass is 217 g/mol. The molecule has 0 atom stereocenters. The maximum absolute atomic E-state index is 12.5. The molecule has 3 nitrogen and oxygen atoms in total. The summed E-state index contributed by atoms with van der Waals surface area (Å²) in [5.41, 5.74) is 0.678. The van der Waals surface area contributed by atoms with Crippen LogP contribution in [0.2, 0.25) is 0 Å². The predicted molar refractivity (Wildman–Crippen MR) is 47.9 cm³/mol. The average molecular weight is 217 g/mol. The minimum atomic E-state index is -4.63. The fourth-order valence-corrected chi connectivity index (χ4v) is 2.25. The Bertz CT molecular complexity index is 546. The Morgan fingerprint density at radius 1 is 1.46 bits per heavy atom. The molecule has 0 saturated carbocycles. The van der Waals surface area contributed by atoms with Crippen molar-refractivity contribution < 1.29 is 12.3 Å². The van der Waals surface area contributed by atoms with Crippen LogP contribution in [-0.2, 0) is 10.2 Å². The van der Waals surface area contributed by atoms with Gasteiger partial charge < -0.3 is 0 Å². The predicted octanol–water partition coefficient (Wildman–Crippen LogP) is 1.95. The summed E-state index contributed by atoms with van der Waals surface area (Å²) in [6, 6.07) is 3.02. The number of thiophene rings is 1. The van der Waals surface area contributed by atoms with Crippen LogP contribution >= 0.6 is 11.3 Å². The van der Waals surface area contributed by atoms with Gasteiger partial charge in [0.2, 0.25) is 0 Å². The number of hydrogen-bond donors (Lipinski definition) is 0. The maximum Gasteiger partial charge on any atom is 0.333 e. The minimum Gasteiger partial charge on any atom is -0.254 e. The van der Waals surface area contributed by atoms with Crippen LogP contribution in [-0.4, -0.2) is 13.4 Å². The molecule has 0 spiro atoms.